The molecule has 152 valence electrons. The van der Waals surface area contributed by atoms with Crippen LogP contribution in [0.1, 0.15) is 44.7 Å². The van der Waals surface area contributed by atoms with Crippen LogP contribution in [0.3, 0.4) is 0 Å². The molecule has 0 aliphatic carbocycles. The molecule has 0 bridgehead atoms. The quantitative estimate of drug-likeness (QED) is 0.758. The lowest BCUT2D eigenvalue weighted by atomic mass is 9.93. The van der Waals surface area contributed by atoms with Gasteiger partial charge in [0.2, 0.25) is 0 Å². The van der Waals surface area contributed by atoms with Gasteiger partial charge < -0.3 is 10.1 Å². The van der Waals surface area contributed by atoms with Gasteiger partial charge in [0.05, 0.1) is 18.2 Å². The minimum absolute atomic E-state index is 0.238. The lowest BCUT2D eigenvalue weighted by Crippen LogP contribution is -2.50. The Morgan fingerprint density at radius 1 is 1.36 bits per heavy atom. The van der Waals surface area contributed by atoms with E-state index < -0.39 is 12.0 Å². The molecule has 7 heteroatoms. The van der Waals surface area contributed by atoms with E-state index in [-0.39, 0.29) is 12.6 Å². The predicted octanol–water partition coefficient (Wildman–Crippen LogP) is 3.73. The number of nitrogens with zero attached hydrogens (tertiary/aromatic N) is 2. The van der Waals surface area contributed by atoms with E-state index in [1.807, 2.05) is 12.1 Å². The number of benzene rings is 1. The summed E-state index contributed by atoms with van der Waals surface area (Å²) in [5.41, 5.74) is 1.94. The number of esters is 1. The molecule has 1 saturated heterocycles. The number of hydrogen-bond donors (Lipinski definition) is 1. The van der Waals surface area contributed by atoms with E-state index >= 15 is 0 Å². The molecule has 2 aliphatic heterocycles. The van der Waals surface area contributed by atoms with Crippen LogP contribution in [-0.2, 0) is 9.53 Å². The molecule has 2 heterocycles. The third-order valence-corrected chi connectivity index (χ3v) is 5.78. The fourth-order valence-electron chi connectivity index (χ4n) is 3.92. The van der Waals surface area contributed by atoms with E-state index in [2.05, 4.69) is 17.1 Å². The van der Waals surface area contributed by atoms with Gasteiger partial charge in [-0.05, 0) is 50.9 Å². The Kier molecular flexibility index (Phi) is 6.62. The summed E-state index contributed by atoms with van der Waals surface area (Å²) in [5.74, 6) is -0.404. The smallest absolute Gasteiger partial charge is 0.338 e. The number of piperidine rings is 1. The number of hydrogen-bond acceptors (Lipinski definition) is 4. The SMILES string of the molecule is CCOC(=O)C1=C(CN2CCCC[C@@H]2C)N(C)C(=O)N[C@H]1c1cccc(Cl)c1. The van der Waals surface area contributed by atoms with Gasteiger partial charge >= 0.3 is 12.0 Å². The first kappa shape index (κ1) is 20.7. The number of likely N-dealkylation sites (N-methyl/N-ethyl adjacent to an activating group) is 1. The van der Waals surface area contributed by atoms with Gasteiger partial charge in [-0.1, -0.05) is 30.2 Å². The summed E-state index contributed by atoms with van der Waals surface area (Å²) in [6.07, 6.45) is 3.46. The molecule has 0 radical (unpaired) electrons. The maximum atomic E-state index is 12.9. The molecule has 0 spiro atoms. The average Bonchev–Trinajstić information content (AvgIpc) is 2.67. The predicted molar refractivity (Wildman–Crippen MR) is 109 cm³/mol. The first-order chi connectivity index (χ1) is 13.4. The second kappa shape index (κ2) is 8.97. The van der Waals surface area contributed by atoms with Crippen LogP contribution in [0.25, 0.3) is 0 Å². The van der Waals surface area contributed by atoms with Crippen LogP contribution >= 0.6 is 11.6 Å². The van der Waals surface area contributed by atoms with Gasteiger partial charge in [-0.2, -0.15) is 0 Å². The monoisotopic (exact) mass is 405 g/mol. The maximum absolute atomic E-state index is 12.9. The lowest BCUT2D eigenvalue weighted by molar-refractivity contribution is -0.139. The molecule has 2 amide bonds. The van der Waals surface area contributed by atoms with Crippen LogP contribution in [0.5, 0.6) is 0 Å². The number of rotatable bonds is 5. The standard InChI is InChI=1S/C21H28ClN3O3/c1-4-28-20(26)18-17(13-25-11-6-5-8-14(25)2)24(3)21(27)23-19(18)15-9-7-10-16(22)12-15/h7,9-10,12,14,19H,4-6,8,11,13H2,1-3H3,(H,23,27)/t14-,19-/m0/s1. The van der Waals surface area contributed by atoms with Crippen molar-refractivity contribution in [1.82, 2.24) is 15.1 Å². The molecule has 2 atom stereocenters. The number of nitrogens with one attached hydrogen (secondary N) is 1. The number of ether oxygens (including phenoxy) is 1. The van der Waals surface area contributed by atoms with Crippen LogP contribution in [0, 0.1) is 0 Å². The fraction of sp³-hybridized carbons (Fsp3) is 0.524. The summed E-state index contributed by atoms with van der Waals surface area (Å²) in [6.45, 7) is 5.75. The van der Waals surface area contributed by atoms with E-state index in [0.717, 1.165) is 24.9 Å². The van der Waals surface area contributed by atoms with Crippen LogP contribution in [-0.4, -0.2) is 54.6 Å². The molecular formula is C21H28ClN3O3. The topological polar surface area (TPSA) is 61.9 Å². The minimum Gasteiger partial charge on any atom is -0.463 e. The Bertz CT molecular complexity index is 780. The zero-order valence-electron chi connectivity index (χ0n) is 16.7. The molecular weight excluding hydrogens is 378 g/mol. The number of likely N-dealkylation sites (tertiary alicyclic amines) is 1. The van der Waals surface area contributed by atoms with Gasteiger partial charge in [-0.25, -0.2) is 9.59 Å². The molecule has 0 aromatic heterocycles. The summed E-state index contributed by atoms with van der Waals surface area (Å²) in [5, 5.41) is 3.48. The van der Waals surface area contributed by atoms with Gasteiger partial charge in [-0.3, -0.25) is 9.80 Å². The van der Waals surface area contributed by atoms with Crippen molar-refractivity contribution in [3.63, 3.8) is 0 Å². The Labute approximate surface area is 171 Å². The van der Waals surface area contributed by atoms with Gasteiger partial charge in [-0.15, -0.1) is 0 Å². The number of amides is 2. The van der Waals surface area contributed by atoms with E-state index in [0.29, 0.717) is 28.9 Å². The minimum atomic E-state index is -0.587. The molecule has 2 aliphatic rings. The van der Waals surface area contributed by atoms with E-state index in [1.54, 1.807) is 26.1 Å². The Hall–Kier alpha value is -2.05. The highest BCUT2D eigenvalue weighted by atomic mass is 35.5. The third kappa shape index (κ3) is 4.33. The summed E-state index contributed by atoms with van der Waals surface area (Å²) in [4.78, 5) is 29.5. The fourth-order valence-corrected chi connectivity index (χ4v) is 4.12. The zero-order chi connectivity index (χ0) is 20.3. The van der Waals surface area contributed by atoms with Gasteiger partial charge in [0, 0.05) is 30.4 Å². The highest BCUT2D eigenvalue weighted by molar-refractivity contribution is 6.30. The number of carbonyl (C=O) groups excluding carboxylic acids is 2. The van der Waals surface area contributed by atoms with Crippen LogP contribution in [0.15, 0.2) is 35.5 Å². The number of urea groups is 1. The molecule has 1 N–H and O–H groups in total. The summed E-state index contributed by atoms with van der Waals surface area (Å²) in [7, 11) is 1.70. The van der Waals surface area contributed by atoms with E-state index in [9.17, 15) is 9.59 Å². The average molecular weight is 406 g/mol. The van der Waals surface area contributed by atoms with Crippen molar-refractivity contribution in [3.8, 4) is 0 Å². The normalized spacial score (nSPS) is 23.6. The van der Waals surface area contributed by atoms with Crippen molar-refractivity contribution in [2.45, 2.75) is 45.2 Å². The number of halogens is 1. The summed E-state index contributed by atoms with van der Waals surface area (Å²) in [6, 6.07) is 6.81. The summed E-state index contributed by atoms with van der Waals surface area (Å²) >= 11 is 6.17. The van der Waals surface area contributed by atoms with Crippen molar-refractivity contribution in [2.75, 3.05) is 26.7 Å². The van der Waals surface area contributed by atoms with Crippen molar-refractivity contribution in [1.29, 1.82) is 0 Å². The highest BCUT2D eigenvalue weighted by Gasteiger charge is 2.38. The summed E-state index contributed by atoms with van der Waals surface area (Å²) < 4.78 is 5.37. The highest BCUT2D eigenvalue weighted by Crippen LogP contribution is 2.33. The molecule has 1 aromatic carbocycles. The molecule has 1 fully saturated rings. The molecule has 0 saturated carbocycles. The van der Waals surface area contributed by atoms with Crippen molar-refractivity contribution in [3.05, 3.63) is 46.1 Å². The van der Waals surface area contributed by atoms with Crippen molar-refractivity contribution in [2.24, 2.45) is 0 Å². The molecule has 3 rings (SSSR count). The van der Waals surface area contributed by atoms with E-state index in [4.69, 9.17) is 16.3 Å². The first-order valence-electron chi connectivity index (χ1n) is 9.86. The second-order valence-corrected chi connectivity index (χ2v) is 7.83. The lowest BCUT2D eigenvalue weighted by Gasteiger charge is -2.39. The molecule has 28 heavy (non-hydrogen) atoms. The zero-order valence-corrected chi connectivity index (χ0v) is 17.5. The van der Waals surface area contributed by atoms with Crippen LogP contribution < -0.4 is 5.32 Å². The van der Waals surface area contributed by atoms with Crippen molar-refractivity contribution >= 4 is 23.6 Å². The maximum Gasteiger partial charge on any atom is 0.338 e. The van der Waals surface area contributed by atoms with Crippen LogP contribution in [0.4, 0.5) is 4.79 Å². The largest absolute Gasteiger partial charge is 0.463 e. The Morgan fingerprint density at radius 2 is 2.14 bits per heavy atom. The van der Waals surface area contributed by atoms with Crippen LogP contribution in [0.2, 0.25) is 5.02 Å². The Balaban J connectivity index is 2.06. The molecule has 1 aromatic rings. The molecule has 0 unspecified atom stereocenters. The van der Waals surface area contributed by atoms with Gasteiger partial charge in [0.15, 0.2) is 0 Å². The third-order valence-electron chi connectivity index (χ3n) is 5.55. The Morgan fingerprint density at radius 3 is 2.82 bits per heavy atom. The van der Waals surface area contributed by atoms with E-state index in [1.165, 1.54) is 11.3 Å². The number of carbonyl (C=O) groups is 2. The van der Waals surface area contributed by atoms with Gasteiger partial charge in [0.25, 0.3) is 0 Å². The van der Waals surface area contributed by atoms with Crippen molar-refractivity contribution < 1.29 is 14.3 Å². The first-order valence-corrected chi connectivity index (χ1v) is 10.2. The molecule has 6 nitrogen and oxygen atoms in total. The second-order valence-electron chi connectivity index (χ2n) is 7.39. The van der Waals surface area contributed by atoms with Gasteiger partial charge in [0.1, 0.15) is 0 Å².